The van der Waals surface area contributed by atoms with Crippen LogP contribution in [0.15, 0.2) is 48.5 Å². The van der Waals surface area contributed by atoms with Crippen molar-refractivity contribution >= 4 is 23.6 Å². The Morgan fingerprint density at radius 1 is 0.977 bits per heavy atom. The molecule has 2 saturated heterocycles. The highest BCUT2D eigenvalue weighted by molar-refractivity contribution is 5.94. The van der Waals surface area contributed by atoms with Crippen LogP contribution in [0.4, 0.5) is 4.39 Å². The number of amides is 4. The summed E-state index contributed by atoms with van der Waals surface area (Å²) in [4.78, 5) is 57.5. The van der Waals surface area contributed by atoms with Crippen molar-refractivity contribution in [2.75, 3.05) is 20.1 Å². The fourth-order valence-corrected chi connectivity index (χ4v) is 6.63. The van der Waals surface area contributed by atoms with Gasteiger partial charge in [0.25, 0.3) is 0 Å². The number of carbonyl (C=O) groups is 4. The van der Waals surface area contributed by atoms with Gasteiger partial charge in [-0.25, -0.2) is 4.39 Å². The van der Waals surface area contributed by atoms with Gasteiger partial charge in [-0.15, -0.1) is 0 Å². The van der Waals surface area contributed by atoms with E-state index in [1.54, 1.807) is 35.9 Å². The fourth-order valence-electron chi connectivity index (χ4n) is 6.63. The standard InChI is InChI=1S/C33H42FN5O4/c1-21(35-2)31(41)37-28-20-38(30(40)17-12-22-10-13-24(34)14-11-22)19-18-25-15-16-29(39(25)33(28)43)32(42)36-27-9-5-7-23-6-3-4-8-26(23)27/h3-4,6,8,10-11,13-14,21,25,27-29,35H,5,7,9,12,15-20H2,1-2H3,(H,36,42)(H,37,41)/t21-,25?,27+,28-,29-/m0/s1. The topological polar surface area (TPSA) is 111 Å². The Hall–Kier alpha value is -3.79. The Morgan fingerprint density at radius 3 is 2.51 bits per heavy atom. The van der Waals surface area contributed by atoms with E-state index in [2.05, 4.69) is 28.1 Å². The highest BCUT2D eigenvalue weighted by Gasteiger charge is 2.46. The third-order valence-electron chi connectivity index (χ3n) is 9.22. The van der Waals surface area contributed by atoms with Crippen LogP contribution >= 0.6 is 0 Å². The lowest BCUT2D eigenvalue weighted by Gasteiger charge is -2.39. The van der Waals surface area contributed by atoms with Crippen LogP contribution in [0.25, 0.3) is 0 Å². The molecule has 0 bridgehead atoms. The van der Waals surface area contributed by atoms with E-state index in [9.17, 15) is 23.6 Å². The zero-order valence-corrected chi connectivity index (χ0v) is 25.0. The molecule has 10 heteroatoms. The smallest absolute Gasteiger partial charge is 0.247 e. The quantitative estimate of drug-likeness (QED) is 0.437. The van der Waals surface area contributed by atoms with Gasteiger partial charge >= 0.3 is 0 Å². The monoisotopic (exact) mass is 591 g/mol. The third-order valence-corrected chi connectivity index (χ3v) is 9.22. The number of carbonyl (C=O) groups excluding carboxylic acids is 4. The van der Waals surface area contributed by atoms with E-state index in [-0.39, 0.29) is 54.5 Å². The van der Waals surface area contributed by atoms with Gasteiger partial charge in [0.1, 0.15) is 17.9 Å². The summed E-state index contributed by atoms with van der Waals surface area (Å²) in [6.07, 6.45) is 5.21. The summed E-state index contributed by atoms with van der Waals surface area (Å²) in [6, 6.07) is 11.8. The summed E-state index contributed by atoms with van der Waals surface area (Å²) in [5, 5.41) is 8.98. The Bertz CT molecular complexity index is 1330. The number of fused-ring (bicyclic) bond motifs is 2. The average Bonchev–Trinajstić information content (AvgIpc) is 3.44. The Balaban J connectivity index is 1.32. The van der Waals surface area contributed by atoms with Gasteiger partial charge in [0.2, 0.25) is 23.6 Å². The first kappa shape index (κ1) is 30.7. The van der Waals surface area contributed by atoms with Gasteiger partial charge in [0, 0.05) is 25.6 Å². The van der Waals surface area contributed by atoms with Crippen molar-refractivity contribution in [3.8, 4) is 0 Å². The van der Waals surface area contributed by atoms with Gasteiger partial charge in [-0.2, -0.15) is 0 Å². The van der Waals surface area contributed by atoms with Crippen molar-refractivity contribution in [2.24, 2.45) is 0 Å². The lowest BCUT2D eigenvalue weighted by atomic mass is 9.87. The van der Waals surface area contributed by atoms with Crippen LogP contribution in [0.1, 0.15) is 68.2 Å². The van der Waals surface area contributed by atoms with Gasteiger partial charge < -0.3 is 25.8 Å². The number of hydrogen-bond donors (Lipinski definition) is 3. The molecular formula is C33H42FN5O4. The number of aryl methyl sites for hydroxylation is 2. The second kappa shape index (κ2) is 13.7. The number of nitrogens with zero attached hydrogens (tertiary/aromatic N) is 2. The number of nitrogens with one attached hydrogen (secondary N) is 3. The SMILES string of the molecule is CN[C@@H](C)C(=O)N[C@H]1CN(C(=O)CCc2ccc(F)cc2)CCC2CC[C@@H](C(=O)N[C@@H]3CCCc4ccccc43)N2C1=O. The highest BCUT2D eigenvalue weighted by Crippen LogP contribution is 2.33. The van der Waals surface area contributed by atoms with Crippen molar-refractivity contribution in [1.82, 2.24) is 25.8 Å². The third kappa shape index (κ3) is 7.06. The van der Waals surface area contributed by atoms with Crippen LogP contribution in [0, 0.1) is 5.82 Å². The van der Waals surface area contributed by atoms with Crippen LogP contribution in [-0.2, 0) is 32.0 Å². The minimum absolute atomic E-state index is 0.0246. The molecule has 3 aliphatic rings. The molecule has 2 aromatic carbocycles. The van der Waals surface area contributed by atoms with Crippen LogP contribution in [0.3, 0.4) is 0 Å². The van der Waals surface area contributed by atoms with Crippen molar-refractivity contribution in [1.29, 1.82) is 0 Å². The molecule has 1 aliphatic carbocycles. The predicted octanol–water partition coefficient (Wildman–Crippen LogP) is 2.64. The number of rotatable bonds is 8. The van der Waals surface area contributed by atoms with Crippen molar-refractivity contribution in [2.45, 2.75) is 88.5 Å². The van der Waals surface area contributed by atoms with Crippen molar-refractivity contribution in [3.05, 3.63) is 71.0 Å². The summed E-state index contributed by atoms with van der Waals surface area (Å²) >= 11 is 0. The molecular weight excluding hydrogens is 549 g/mol. The van der Waals surface area contributed by atoms with Gasteiger partial charge in [0.15, 0.2) is 0 Å². The summed E-state index contributed by atoms with van der Waals surface area (Å²) in [5.41, 5.74) is 3.23. The van der Waals surface area contributed by atoms with Crippen LogP contribution in [0.5, 0.6) is 0 Å². The molecule has 5 rings (SSSR count). The number of benzene rings is 2. The van der Waals surface area contributed by atoms with E-state index >= 15 is 0 Å². The van der Waals surface area contributed by atoms with Crippen molar-refractivity contribution < 1.29 is 23.6 Å². The van der Waals surface area contributed by atoms with E-state index in [1.807, 2.05) is 12.1 Å². The van der Waals surface area contributed by atoms with E-state index in [4.69, 9.17) is 0 Å². The number of halogens is 1. The Morgan fingerprint density at radius 2 is 1.74 bits per heavy atom. The van der Waals surface area contributed by atoms with Gasteiger partial charge in [-0.1, -0.05) is 36.4 Å². The largest absolute Gasteiger partial charge is 0.347 e. The molecule has 2 aromatic rings. The first-order valence-corrected chi connectivity index (χ1v) is 15.5. The zero-order chi connectivity index (χ0) is 30.5. The van der Waals surface area contributed by atoms with E-state index in [0.29, 0.717) is 32.2 Å². The molecule has 4 amide bonds. The fraction of sp³-hybridized carbons (Fsp3) is 0.515. The first-order valence-electron chi connectivity index (χ1n) is 15.5. The molecule has 0 radical (unpaired) electrons. The molecule has 0 aromatic heterocycles. The van der Waals surface area contributed by atoms with Crippen LogP contribution in [-0.4, -0.2) is 77.7 Å². The van der Waals surface area contributed by atoms with Crippen LogP contribution in [0.2, 0.25) is 0 Å². The molecule has 0 saturated carbocycles. The molecule has 9 nitrogen and oxygen atoms in total. The summed E-state index contributed by atoms with van der Waals surface area (Å²) < 4.78 is 13.3. The second-order valence-electron chi connectivity index (χ2n) is 12.0. The minimum atomic E-state index is -0.982. The number of hydrogen-bond acceptors (Lipinski definition) is 5. The molecule has 2 heterocycles. The maximum absolute atomic E-state index is 14.1. The molecule has 230 valence electrons. The van der Waals surface area contributed by atoms with Gasteiger partial charge in [-0.05, 0) is 87.7 Å². The normalized spacial score (nSPS) is 24.3. The second-order valence-corrected chi connectivity index (χ2v) is 12.0. The summed E-state index contributed by atoms with van der Waals surface area (Å²) in [5.74, 6) is -1.31. The average molecular weight is 592 g/mol. The van der Waals surface area contributed by atoms with E-state index in [1.165, 1.54) is 17.7 Å². The predicted molar refractivity (Wildman–Crippen MR) is 160 cm³/mol. The Kier molecular flexibility index (Phi) is 9.75. The van der Waals surface area contributed by atoms with Gasteiger partial charge in [-0.3, -0.25) is 19.2 Å². The Labute approximate surface area is 252 Å². The van der Waals surface area contributed by atoms with E-state index < -0.39 is 18.1 Å². The zero-order valence-electron chi connectivity index (χ0n) is 25.0. The molecule has 2 fully saturated rings. The number of likely N-dealkylation sites (N-methyl/N-ethyl adjacent to an activating group) is 1. The maximum atomic E-state index is 14.1. The van der Waals surface area contributed by atoms with E-state index in [0.717, 1.165) is 30.4 Å². The van der Waals surface area contributed by atoms with Crippen LogP contribution < -0.4 is 16.0 Å². The summed E-state index contributed by atoms with van der Waals surface area (Å²) in [7, 11) is 1.66. The molecule has 43 heavy (non-hydrogen) atoms. The molecule has 1 unspecified atom stereocenters. The van der Waals surface area contributed by atoms with Crippen molar-refractivity contribution in [3.63, 3.8) is 0 Å². The van der Waals surface area contributed by atoms with Gasteiger partial charge in [0.05, 0.1) is 12.1 Å². The molecule has 3 N–H and O–H groups in total. The highest BCUT2D eigenvalue weighted by atomic mass is 19.1. The molecule has 2 aliphatic heterocycles. The first-order chi connectivity index (χ1) is 20.7. The summed E-state index contributed by atoms with van der Waals surface area (Å²) in [6.45, 7) is 2.14. The lowest BCUT2D eigenvalue weighted by Crippen LogP contribution is -2.62. The lowest BCUT2D eigenvalue weighted by molar-refractivity contribution is -0.147. The molecule has 0 spiro atoms. The minimum Gasteiger partial charge on any atom is -0.347 e. The maximum Gasteiger partial charge on any atom is 0.247 e. The molecule has 5 atom stereocenters.